The molecule has 15 heteroatoms. The van der Waals surface area contributed by atoms with E-state index >= 15 is 0 Å². The number of imidazole rings is 1. The normalized spacial score (nSPS) is 15.6. The number of amides is 1. The number of anilines is 1. The zero-order valence-corrected chi connectivity index (χ0v) is 20.3. The van der Waals surface area contributed by atoms with Gasteiger partial charge in [0.15, 0.2) is 5.75 Å². The average molecular weight is 562 g/mol. The van der Waals surface area contributed by atoms with Gasteiger partial charge in [-0.1, -0.05) is 0 Å². The number of halogens is 7. The van der Waals surface area contributed by atoms with E-state index in [-0.39, 0.29) is 37.5 Å². The van der Waals surface area contributed by atoms with Crippen LogP contribution in [0.5, 0.6) is 5.75 Å². The lowest BCUT2D eigenvalue weighted by Gasteiger charge is -2.44. The van der Waals surface area contributed by atoms with Crippen molar-refractivity contribution in [3.05, 3.63) is 76.2 Å². The molecule has 2 heterocycles. The molecule has 39 heavy (non-hydrogen) atoms. The maximum atomic E-state index is 14.0. The van der Waals surface area contributed by atoms with Crippen molar-refractivity contribution in [3.63, 3.8) is 0 Å². The topological polar surface area (TPSA) is 79.9 Å². The zero-order chi connectivity index (χ0) is 28.9. The molecule has 1 saturated heterocycles. The Bertz CT molecular complexity index is 1440. The number of alkyl halides is 6. The summed E-state index contributed by atoms with van der Waals surface area (Å²) in [6.45, 7) is 0.0899. The second kappa shape index (κ2) is 9.72. The fraction of sp³-hybridized carbons (Fsp3) is 0.333. The van der Waals surface area contributed by atoms with E-state index < -0.39 is 58.1 Å². The van der Waals surface area contributed by atoms with E-state index in [9.17, 15) is 45.4 Å². The van der Waals surface area contributed by atoms with Gasteiger partial charge in [0.25, 0.3) is 0 Å². The highest BCUT2D eigenvalue weighted by Gasteiger charge is 2.43. The molecule has 4 rings (SSSR count). The number of hydrogen-bond donors (Lipinski definition) is 1. The monoisotopic (exact) mass is 562 g/mol. The van der Waals surface area contributed by atoms with Crippen LogP contribution in [0.3, 0.4) is 0 Å². The first-order valence-electron chi connectivity index (χ1n) is 11.2. The number of benzene rings is 2. The highest BCUT2D eigenvalue weighted by atomic mass is 19.4. The molecule has 1 fully saturated rings. The summed E-state index contributed by atoms with van der Waals surface area (Å²) in [5.74, 6) is -2.01. The quantitative estimate of drug-likeness (QED) is 0.474. The van der Waals surface area contributed by atoms with Crippen molar-refractivity contribution in [2.75, 3.05) is 32.1 Å². The molecule has 1 aliphatic rings. The van der Waals surface area contributed by atoms with Gasteiger partial charge in [-0.25, -0.2) is 14.0 Å². The molecule has 1 aliphatic heterocycles. The Hall–Kier alpha value is -3.85. The first-order chi connectivity index (χ1) is 18.0. The number of β-amino-alcohol motifs (C(OH)–C–C–N with tert-alkyl or cyclic N) is 1. The second-order valence-corrected chi connectivity index (χ2v) is 9.25. The Balaban J connectivity index is 1.84. The number of hydrogen-bond acceptors (Lipinski definition) is 5. The van der Waals surface area contributed by atoms with Crippen molar-refractivity contribution in [2.24, 2.45) is 0 Å². The molecule has 1 aromatic heterocycles. The van der Waals surface area contributed by atoms with Crippen molar-refractivity contribution in [3.8, 4) is 11.4 Å². The van der Waals surface area contributed by atoms with Crippen LogP contribution >= 0.6 is 0 Å². The van der Waals surface area contributed by atoms with Gasteiger partial charge < -0.3 is 14.7 Å². The van der Waals surface area contributed by atoms with Gasteiger partial charge in [0.05, 0.1) is 17.8 Å². The Morgan fingerprint density at radius 2 is 1.67 bits per heavy atom. The SMILES string of the molecule is CN1CC(O)(Cn2ccn(-c3cc(C(F)(F)F)cc(C(F)(F)F)c3OC(=O)N(C)c3ccc(F)cc3)c2=O)C1. The largest absolute Gasteiger partial charge is 0.420 e. The third-order valence-electron chi connectivity index (χ3n) is 6.08. The third-order valence-corrected chi connectivity index (χ3v) is 6.08. The molecular formula is C24H21F7N4O4. The van der Waals surface area contributed by atoms with Crippen LogP contribution in [0.2, 0.25) is 0 Å². The van der Waals surface area contributed by atoms with Crippen molar-refractivity contribution in [1.82, 2.24) is 14.0 Å². The number of aromatic nitrogens is 2. The molecule has 0 radical (unpaired) electrons. The van der Waals surface area contributed by atoms with E-state index in [1.54, 1.807) is 11.9 Å². The highest BCUT2D eigenvalue weighted by molar-refractivity contribution is 5.89. The standard InChI is InChI=1S/C24H21F7N4O4/c1-32-11-22(38,12-32)13-34-7-8-35(20(34)36)18-10-14(23(26,27)28)9-17(24(29,30)31)19(18)39-21(37)33(2)16-5-3-15(25)4-6-16/h3-10,38H,11-13H2,1-2H3. The predicted molar refractivity (Wildman–Crippen MR) is 123 cm³/mol. The van der Waals surface area contributed by atoms with Gasteiger partial charge in [0.2, 0.25) is 0 Å². The van der Waals surface area contributed by atoms with Gasteiger partial charge in [0, 0.05) is 38.2 Å². The maximum absolute atomic E-state index is 14.0. The van der Waals surface area contributed by atoms with Crippen molar-refractivity contribution >= 4 is 11.8 Å². The number of carbonyl (C=O) groups excluding carboxylic acids is 1. The lowest BCUT2D eigenvalue weighted by molar-refractivity contribution is -0.143. The first-order valence-corrected chi connectivity index (χ1v) is 11.2. The van der Waals surface area contributed by atoms with Crippen molar-refractivity contribution in [2.45, 2.75) is 24.5 Å². The minimum atomic E-state index is -5.43. The lowest BCUT2D eigenvalue weighted by Crippen LogP contribution is -2.62. The van der Waals surface area contributed by atoms with Crippen molar-refractivity contribution in [1.29, 1.82) is 0 Å². The summed E-state index contributed by atoms with van der Waals surface area (Å²) in [7, 11) is 2.79. The predicted octanol–water partition coefficient (Wildman–Crippen LogP) is 4.13. The summed E-state index contributed by atoms with van der Waals surface area (Å²) in [6, 6.07) is 4.23. The molecule has 1 amide bonds. The van der Waals surface area contributed by atoms with Crippen LogP contribution < -0.4 is 15.3 Å². The number of aliphatic hydroxyl groups is 1. The van der Waals surface area contributed by atoms with Crippen LogP contribution in [0.4, 0.5) is 41.2 Å². The Morgan fingerprint density at radius 1 is 1.05 bits per heavy atom. The third kappa shape index (κ3) is 5.78. The minimum absolute atomic E-state index is 0.00505. The number of rotatable bonds is 5. The van der Waals surface area contributed by atoms with E-state index in [1.165, 1.54) is 0 Å². The molecule has 0 bridgehead atoms. The molecule has 0 unspecified atom stereocenters. The summed E-state index contributed by atoms with van der Waals surface area (Å²) in [4.78, 5) is 28.3. The second-order valence-electron chi connectivity index (χ2n) is 9.25. The van der Waals surface area contributed by atoms with Gasteiger partial charge in [-0.15, -0.1) is 0 Å². The van der Waals surface area contributed by atoms with Crippen LogP contribution in [0.1, 0.15) is 11.1 Å². The summed E-state index contributed by atoms with van der Waals surface area (Å²) >= 11 is 0. The van der Waals surface area contributed by atoms with E-state index in [1.807, 2.05) is 0 Å². The number of likely N-dealkylation sites (N-methyl/N-ethyl adjacent to an activating group) is 1. The maximum Gasteiger partial charge on any atom is 0.420 e. The molecule has 0 atom stereocenters. The van der Waals surface area contributed by atoms with Gasteiger partial charge in [-0.2, -0.15) is 26.3 Å². The van der Waals surface area contributed by atoms with E-state index in [0.29, 0.717) is 9.47 Å². The van der Waals surface area contributed by atoms with Crippen LogP contribution in [0, 0.1) is 5.82 Å². The van der Waals surface area contributed by atoms with E-state index in [4.69, 9.17) is 4.74 Å². The van der Waals surface area contributed by atoms with E-state index in [0.717, 1.165) is 48.3 Å². The molecule has 2 aromatic carbocycles. The number of carbonyl (C=O) groups is 1. The fourth-order valence-electron chi connectivity index (χ4n) is 4.29. The first kappa shape index (κ1) is 28.2. The van der Waals surface area contributed by atoms with Gasteiger partial charge >= 0.3 is 24.1 Å². The highest BCUT2D eigenvalue weighted by Crippen LogP contribution is 2.44. The summed E-state index contributed by atoms with van der Waals surface area (Å²) in [5.41, 5.74) is -7.09. The summed E-state index contributed by atoms with van der Waals surface area (Å²) in [5, 5.41) is 10.5. The van der Waals surface area contributed by atoms with Gasteiger partial charge in [0.1, 0.15) is 17.0 Å². The molecular weight excluding hydrogens is 541 g/mol. The smallest absolute Gasteiger partial charge is 0.407 e. The molecule has 0 aliphatic carbocycles. The lowest BCUT2D eigenvalue weighted by atomic mass is 9.95. The van der Waals surface area contributed by atoms with Gasteiger partial charge in [-0.05, 0) is 43.4 Å². The molecule has 0 saturated carbocycles. The number of likely N-dealkylation sites (tertiary alicyclic amines) is 1. The minimum Gasteiger partial charge on any atom is -0.407 e. The van der Waals surface area contributed by atoms with Crippen LogP contribution in [-0.2, 0) is 18.9 Å². The molecule has 0 spiro atoms. The molecule has 210 valence electrons. The average Bonchev–Trinajstić information content (AvgIpc) is 3.16. The Morgan fingerprint density at radius 3 is 2.21 bits per heavy atom. The van der Waals surface area contributed by atoms with Crippen molar-refractivity contribution < 1.29 is 45.4 Å². The number of ether oxygens (including phenoxy) is 1. The fourth-order valence-corrected chi connectivity index (χ4v) is 4.29. The Labute approximate surface area is 216 Å². The zero-order valence-electron chi connectivity index (χ0n) is 20.3. The van der Waals surface area contributed by atoms with Crippen LogP contribution in [0.15, 0.2) is 53.6 Å². The van der Waals surface area contributed by atoms with E-state index in [2.05, 4.69) is 0 Å². The number of nitrogens with zero attached hydrogens (tertiary/aromatic N) is 4. The van der Waals surface area contributed by atoms with Crippen LogP contribution in [-0.4, -0.2) is 58.0 Å². The summed E-state index contributed by atoms with van der Waals surface area (Å²) < 4.78 is 102. The Kier molecular flexibility index (Phi) is 7.02. The molecule has 8 nitrogen and oxygen atoms in total. The molecule has 1 N–H and O–H groups in total. The summed E-state index contributed by atoms with van der Waals surface area (Å²) in [6.07, 6.45) is -10.1. The molecule has 3 aromatic rings. The van der Waals surface area contributed by atoms with Gasteiger partial charge in [-0.3, -0.25) is 14.0 Å². The van der Waals surface area contributed by atoms with Crippen LogP contribution in [0.25, 0.3) is 5.69 Å².